The Kier molecular flexibility index (Phi) is 3.64. The average molecular weight is 247 g/mol. The smallest absolute Gasteiger partial charge is 0.126 e. The van der Waals surface area contributed by atoms with Crippen molar-refractivity contribution < 1.29 is 0 Å². The van der Waals surface area contributed by atoms with Gasteiger partial charge in [-0.1, -0.05) is 29.8 Å². The van der Waals surface area contributed by atoms with E-state index < -0.39 is 0 Å². The molecule has 1 heterocycles. The van der Waals surface area contributed by atoms with Gasteiger partial charge in [0.05, 0.1) is 0 Å². The van der Waals surface area contributed by atoms with E-state index in [9.17, 15) is 0 Å². The molecule has 1 unspecified atom stereocenters. The molecule has 3 heteroatoms. The Labute approximate surface area is 107 Å². The number of nitrogens with zero attached hydrogens (tertiary/aromatic N) is 1. The molecule has 0 spiro atoms. The third-order valence-electron chi connectivity index (χ3n) is 2.62. The Hall–Kier alpha value is -1.54. The van der Waals surface area contributed by atoms with Crippen molar-refractivity contribution in [2.75, 3.05) is 5.32 Å². The standard InChI is InChI=1S/C14H15ClN2/c1-10-6-7-14(16-9-10)17-11(2)12-4-3-5-13(15)8-12/h3-9,11H,1-2H3,(H,16,17). The number of hydrogen-bond acceptors (Lipinski definition) is 2. The number of hydrogen-bond donors (Lipinski definition) is 1. The minimum Gasteiger partial charge on any atom is -0.364 e. The molecule has 0 fully saturated rings. The van der Waals surface area contributed by atoms with Crippen molar-refractivity contribution in [1.82, 2.24) is 4.98 Å². The van der Waals surface area contributed by atoms with Crippen molar-refractivity contribution >= 4 is 17.4 Å². The fourth-order valence-electron chi connectivity index (χ4n) is 1.63. The van der Waals surface area contributed by atoms with E-state index in [1.165, 1.54) is 0 Å². The van der Waals surface area contributed by atoms with Gasteiger partial charge in [-0.15, -0.1) is 0 Å². The van der Waals surface area contributed by atoms with Crippen LogP contribution in [0.25, 0.3) is 0 Å². The van der Waals surface area contributed by atoms with Gasteiger partial charge < -0.3 is 5.32 Å². The van der Waals surface area contributed by atoms with Crippen LogP contribution in [0, 0.1) is 6.92 Å². The summed E-state index contributed by atoms with van der Waals surface area (Å²) in [5, 5.41) is 4.10. The van der Waals surface area contributed by atoms with Crippen LogP contribution in [0.5, 0.6) is 0 Å². The predicted octanol–water partition coefficient (Wildman–Crippen LogP) is 4.22. The molecule has 1 atom stereocenters. The molecular weight excluding hydrogens is 232 g/mol. The van der Waals surface area contributed by atoms with E-state index in [2.05, 4.69) is 23.3 Å². The fraction of sp³-hybridized carbons (Fsp3) is 0.214. The number of nitrogens with one attached hydrogen (secondary N) is 1. The summed E-state index contributed by atoms with van der Waals surface area (Å²) in [5.41, 5.74) is 2.31. The number of anilines is 1. The topological polar surface area (TPSA) is 24.9 Å². The Morgan fingerprint density at radius 2 is 2.06 bits per heavy atom. The van der Waals surface area contributed by atoms with Crippen molar-refractivity contribution in [3.05, 3.63) is 58.7 Å². The van der Waals surface area contributed by atoms with Crippen LogP contribution >= 0.6 is 11.6 Å². The zero-order valence-corrected chi connectivity index (χ0v) is 10.7. The second-order valence-corrected chi connectivity index (χ2v) is 4.58. The molecule has 2 nitrogen and oxygen atoms in total. The lowest BCUT2D eigenvalue weighted by atomic mass is 10.1. The van der Waals surface area contributed by atoms with Gasteiger partial charge >= 0.3 is 0 Å². The van der Waals surface area contributed by atoms with Crippen molar-refractivity contribution in [2.24, 2.45) is 0 Å². The second-order valence-electron chi connectivity index (χ2n) is 4.14. The van der Waals surface area contributed by atoms with Gasteiger partial charge in [0.25, 0.3) is 0 Å². The molecule has 0 aliphatic carbocycles. The molecule has 1 aromatic carbocycles. The Balaban J connectivity index is 2.11. The molecule has 0 radical (unpaired) electrons. The van der Waals surface area contributed by atoms with Crippen molar-refractivity contribution in [2.45, 2.75) is 19.9 Å². The van der Waals surface area contributed by atoms with E-state index in [0.717, 1.165) is 22.0 Å². The number of benzene rings is 1. The highest BCUT2D eigenvalue weighted by atomic mass is 35.5. The minimum absolute atomic E-state index is 0.184. The number of aryl methyl sites for hydroxylation is 1. The highest BCUT2D eigenvalue weighted by Gasteiger charge is 2.05. The lowest BCUT2D eigenvalue weighted by Gasteiger charge is -2.15. The highest BCUT2D eigenvalue weighted by molar-refractivity contribution is 6.30. The molecular formula is C14H15ClN2. The summed E-state index contributed by atoms with van der Waals surface area (Å²) in [5.74, 6) is 0.878. The van der Waals surface area contributed by atoms with E-state index in [0.29, 0.717) is 0 Å². The van der Waals surface area contributed by atoms with E-state index in [-0.39, 0.29) is 6.04 Å². The summed E-state index contributed by atoms with van der Waals surface area (Å²) in [4.78, 5) is 4.32. The zero-order chi connectivity index (χ0) is 12.3. The molecule has 17 heavy (non-hydrogen) atoms. The first-order valence-corrected chi connectivity index (χ1v) is 5.97. The van der Waals surface area contributed by atoms with Crippen LogP contribution < -0.4 is 5.32 Å². The van der Waals surface area contributed by atoms with Crippen LogP contribution in [0.2, 0.25) is 5.02 Å². The molecule has 0 saturated heterocycles. The van der Waals surface area contributed by atoms with Crippen LogP contribution in [0.1, 0.15) is 24.1 Å². The van der Waals surface area contributed by atoms with Gasteiger partial charge in [0.15, 0.2) is 0 Å². The molecule has 0 aliphatic heterocycles. The summed E-state index contributed by atoms with van der Waals surface area (Å²) >= 11 is 5.97. The highest BCUT2D eigenvalue weighted by Crippen LogP contribution is 2.20. The van der Waals surface area contributed by atoms with Crippen LogP contribution in [-0.4, -0.2) is 4.98 Å². The van der Waals surface area contributed by atoms with Crippen molar-refractivity contribution in [3.63, 3.8) is 0 Å². The summed E-state index contributed by atoms with van der Waals surface area (Å²) in [6.45, 7) is 4.12. The van der Waals surface area contributed by atoms with Gasteiger partial charge in [-0.05, 0) is 43.2 Å². The van der Waals surface area contributed by atoms with E-state index >= 15 is 0 Å². The van der Waals surface area contributed by atoms with E-state index in [1.54, 1.807) is 0 Å². The van der Waals surface area contributed by atoms with Crippen molar-refractivity contribution in [3.8, 4) is 0 Å². The average Bonchev–Trinajstić information content (AvgIpc) is 2.32. The number of halogens is 1. The molecule has 0 aliphatic rings. The number of rotatable bonds is 3. The largest absolute Gasteiger partial charge is 0.364 e. The molecule has 0 saturated carbocycles. The lowest BCUT2D eigenvalue weighted by molar-refractivity contribution is 0.874. The third-order valence-corrected chi connectivity index (χ3v) is 2.86. The van der Waals surface area contributed by atoms with Gasteiger partial charge in [0.1, 0.15) is 5.82 Å². The van der Waals surface area contributed by atoms with Crippen LogP contribution in [0.4, 0.5) is 5.82 Å². The Morgan fingerprint density at radius 1 is 1.24 bits per heavy atom. The fourth-order valence-corrected chi connectivity index (χ4v) is 1.83. The predicted molar refractivity (Wildman–Crippen MR) is 72.5 cm³/mol. The minimum atomic E-state index is 0.184. The maximum absolute atomic E-state index is 5.97. The van der Waals surface area contributed by atoms with Gasteiger partial charge in [0, 0.05) is 17.3 Å². The quantitative estimate of drug-likeness (QED) is 0.877. The summed E-state index contributed by atoms with van der Waals surface area (Å²) in [7, 11) is 0. The summed E-state index contributed by atoms with van der Waals surface area (Å²) in [6, 6.07) is 12.1. The Bertz CT molecular complexity index is 494. The summed E-state index contributed by atoms with van der Waals surface area (Å²) in [6.07, 6.45) is 1.85. The van der Waals surface area contributed by atoms with Crippen LogP contribution in [0.15, 0.2) is 42.6 Å². The van der Waals surface area contributed by atoms with Crippen LogP contribution in [-0.2, 0) is 0 Å². The second kappa shape index (κ2) is 5.19. The maximum atomic E-state index is 5.97. The third kappa shape index (κ3) is 3.21. The molecule has 2 rings (SSSR count). The van der Waals surface area contributed by atoms with Gasteiger partial charge in [-0.25, -0.2) is 4.98 Å². The molecule has 88 valence electrons. The van der Waals surface area contributed by atoms with Crippen LogP contribution in [0.3, 0.4) is 0 Å². The number of pyridine rings is 1. The Morgan fingerprint density at radius 3 is 2.71 bits per heavy atom. The molecule has 1 aromatic heterocycles. The van der Waals surface area contributed by atoms with Gasteiger partial charge in [-0.3, -0.25) is 0 Å². The van der Waals surface area contributed by atoms with Gasteiger partial charge in [-0.2, -0.15) is 0 Å². The molecule has 2 aromatic rings. The summed E-state index contributed by atoms with van der Waals surface area (Å²) < 4.78 is 0. The first-order chi connectivity index (χ1) is 8.15. The monoisotopic (exact) mass is 246 g/mol. The normalized spacial score (nSPS) is 12.2. The molecule has 0 amide bonds. The molecule has 1 N–H and O–H groups in total. The van der Waals surface area contributed by atoms with E-state index in [4.69, 9.17) is 11.6 Å². The molecule has 0 bridgehead atoms. The lowest BCUT2D eigenvalue weighted by Crippen LogP contribution is -2.07. The zero-order valence-electron chi connectivity index (χ0n) is 9.94. The van der Waals surface area contributed by atoms with Gasteiger partial charge in [0.2, 0.25) is 0 Å². The van der Waals surface area contributed by atoms with Crippen molar-refractivity contribution in [1.29, 1.82) is 0 Å². The maximum Gasteiger partial charge on any atom is 0.126 e. The van der Waals surface area contributed by atoms with E-state index in [1.807, 2.05) is 43.5 Å². The first-order valence-electron chi connectivity index (χ1n) is 5.60. The number of aromatic nitrogens is 1. The SMILES string of the molecule is Cc1ccc(NC(C)c2cccc(Cl)c2)nc1. The first kappa shape index (κ1) is 11.9.